The largest absolute Gasteiger partial charge is 0.252 e. The topological polar surface area (TPSA) is 43.6 Å². The Kier molecular flexibility index (Phi) is 5.97. The fraction of sp³-hybridized carbons (Fsp3) is 0.367. The second kappa shape index (κ2) is 8.50. The number of aromatic nitrogens is 4. The molecule has 0 aliphatic carbocycles. The van der Waals surface area contributed by atoms with E-state index in [9.17, 15) is 0 Å². The van der Waals surface area contributed by atoms with Crippen LogP contribution in [0.5, 0.6) is 0 Å². The SMILES string of the molecule is CC(C)(C)c1cccc(-c2cccc(C(C)(C)c3ccn(-c4cccc(C(C)(C)C)n4)n3)n2)c1. The highest BCUT2D eigenvalue weighted by Gasteiger charge is 2.28. The summed E-state index contributed by atoms with van der Waals surface area (Å²) in [7, 11) is 0. The second-order valence-electron chi connectivity index (χ2n) is 11.6. The molecule has 0 N–H and O–H groups in total. The molecule has 3 aromatic heterocycles. The second-order valence-corrected chi connectivity index (χ2v) is 11.6. The van der Waals surface area contributed by atoms with Gasteiger partial charge in [0.05, 0.1) is 22.5 Å². The lowest BCUT2D eigenvalue weighted by Crippen LogP contribution is -2.22. The fourth-order valence-corrected chi connectivity index (χ4v) is 3.97. The predicted molar refractivity (Wildman–Crippen MR) is 141 cm³/mol. The molecule has 0 fully saturated rings. The third kappa shape index (κ3) is 4.82. The van der Waals surface area contributed by atoms with Crippen molar-refractivity contribution in [1.29, 1.82) is 0 Å². The van der Waals surface area contributed by atoms with Gasteiger partial charge in [0, 0.05) is 22.9 Å². The van der Waals surface area contributed by atoms with Gasteiger partial charge in [-0.05, 0) is 61.2 Å². The minimum Gasteiger partial charge on any atom is -0.252 e. The van der Waals surface area contributed by atoms with Crippen LogP contribution in [0.15, 0.2) is 72.9 Å². The summed E-state index contributed by atoms with van der Waals surface area (Å²) >= 11 is 0. The summed E-state index contributed by atoms with van der Waals surface area (Å²) in [5, 5.41) is 4.91. The molecule has 4 nitrogen and oxygen atoms in total. The van der Waals surface area contributed by atoms with Gasteiger partial charge >= 0.3 is 0 Å². The van der Waals surface area contributed by atoms with Crippen LogP contribution in [0.1, 0.15) is 78.0 Å². The summed E-state index contributed by atoms with van der Waals surface area (Å²) in [4.78, 5) is 9.93. The van der Waals surface area contributed by atoms with Crippen molar-refractivity contribution in [3.8, 4) is 17.1 Å². The van der Waals surface area contributed by atoms with Gasteiger partial charge in [0.25, 0.3) is 0 Å². The Labute approximate surface area is 204 Å². The quantitative estimate of drug-likeness (QED) is 0.327. The molecule has 0 atom stereocenters. The van der Waals surface area contributed by atoms with Gasteiger partial charge in [0.15, 0.2) is 5.82 Å². The van der Waals surface area contributed by atoms with E-state index >= 15 is 0 Å². The lowest BCUT2D eigenvalue weighted by atomic mass is 9.84. The van der Waals surface area contributed by atoms with E-state index < -0.39 is 0 Å². The van der Waals surface area contributed by atoms with Gasteiger partial charge in [-0.1, -0.05) is 71.9 Å². The molecule has 176 valence electrons. The molecule has 0 aliphatic heterocycles. The van der Waals surface area contributed by atoms with Gasteiger partial charge in [0.1, 0.15) is 0 Å². The van der Waals surface area contributed by atoms with E-state index in [0.717, 1.165) is 34.2 Å². The number of nitrogens with zero attached hydrogens (tertiary/aromatic N) is 4. The first-order valence-electron chi connectivity index (χ1n) is 12.0. The first-order chi connectivity index (χ1) is 15.9. The van der Waals surface area contributed by atoms with E-state index in [1.165, 1.54) is 5.56 Å². The Morgan fingerprint density at radius 2 is 1.29 bits per heavy atom. The number of hydrogen-bond acceptors (Lipinski definition) is 3. The lowest BCUT2D eigenvalue weighted by Gasteiger charge is -2.23. The summed E-state index contributed by atoms with van der Waals surface area (Å²) in [5.41, 5.74) is 6.15. The standard InChI is InChI=1S/C30H36N4/c1-28(2,3)22-13-9-12-21(20-22)23-14-10-16-25(31-23)30(7,8)26-18-19-34(33-26)27-17-11-15-24(32-27)29(4,5)6/h9-20H,1-8H3. The van der Waals surface area contributed by atoms with Crippen LogP contribution < -0.4 is 0 Å². The average molecular weight is 453 g/mol. The van der Waals surface area contributed by atoms with Crippen molar-refractivity contribution in [3.05, 3.63) is 95.6 Å². The van der Waals surface area contributed by atoms with E-state index in [-0.39, 0.29) is 16.2 Å². The predicted octanol–water partition coefficient (Wildman–Crippen LogP) is 7.25. The highest BCUT2D eigenvalue weighted by atomic mass is 15.3. The summed E-state index contributed by atoms with van der Waals surface area (Å²) in [6, 6.07) is 23.2. The third-order valence-electron chi connectivity index (χ3n) is 6.38. The zero-order valence-electron chi connectivity index (χ0n) is 21.7. The van der Waals surface area contributed by atoms with Crippen molar-refractivity contribution in [2.24, 2.45) is 0 Å². The molecule has 3 heterocycles. The third-order valence-corrected chi connectivity index (χ3v) is 6.38. The summed E-state index contributed by atoms with van der Waals surface area (Å²) in [5.74, 6) is 0.829. The van der Waals surface area contributed by atoms with Crippen LogP contribution in [0.25, 0.3) is 17.1 Å². The minimum absolute atomic E-state index is 0.0140. The lowest BCUT2D eigenvalue weighted by molar-refractivity contribution is 0.562. The molecule has 0 aliphatic rings. The van der Waals surface area contributed by atoms with E-state index in [1.807, 2.05) is 23.0 Å². The van der Waals surface area contributed by atoms with E-state index in [2.05, 4.69) is 110 Å². The molecule has 34 heavy (non-hydrogen) atoms. The maximum absolute atomic E-state index is 5.08. The molecule has 0 bridgehead atoms. The van der Waals surface area contributed by atoms with Crippen molar-refractivity contribution in [3.63, 3.8) is 0 Å². The number of rotatable bonds is 4. The number of benzene rings is 1. The van der Waals surface area contributed by atoms with Gasteiger partial charge in [-0.2, -0.15) is 5.10 Å². The van der Waals surface area contributed by atoms with Crippen molar-refractivity contribution >= 4 is 0 Å². The zero-order chi connectivity index (χ0) is 24.7. The minimum atomic E-state index is -0.357. The van der Waals surface area contributed by atoms with Crippen molar-refractivity contribution in [2.75, 3.05) is 0 Å². The molecule has 0 unspecified atom stereocenters. The van der Waals surface area contributed by atoms with E-state index in [0.29, 0.717) is 0 Å². The maximum Gasteiger partial charge on any atom is 0.153 e. The van der Waals surface area contributed by atoms with Crippen molar-refractivity contribution < 1.29 is 0 Å². The van der Waals surface area contributed by atoms with Crippen LogP contribution in [0, 0.1) is 0 Å². The van der Waals surface area contributed by atoms with Crippen LogP contribution in [-0.2, 0) is 16.2 Å². The van der Waals surface area contributed by atoms with Gasteiger partial charge in [-0.15, -0.1) is 0 Å². The highest BCUT2D eigenvalue weighted by Crippen LogP contribution is 2.32. The molecular weight excluding hydrogens is 416 g/mol. The molecule has 4 aromatic rings. The molecule has 0 radical (unpaired) electrons. The smallest absolute Gasteiger partial charge is 0.153 e. The maximum atomic E-state index is 5.08. The Morgan fingerprint density at radius 3 is 2.00 bits per heavy atom. The molecule has 4 heteroatoms. The molecule has 0 amide bonds. The van der Waals surface area contributed by atoms with Gasteiger partial charge in [0.2, 0.25) is 0 Å². The summed E-state index contributed by atoms with van der Waals surface area (Å²) < 4.78 is 1.86. The van der Waals surface area contributed by atoms with Crippen LogP contribution in [0.2, 0.25) is 0 Å². The Hall–Kier alpha value is -3.27. The summed E-state index contributed by atoms with van der Waals surface area (Å²) in [6.45, 7) is 17.6. The summed E-state index contributed by atoms with van der Waals surface area (Å²) in [6.07, 6.45) is 1.99. The van der Waals surface area contributed by atoms with E-state index in [4.69, 9.17) is 15.1 Å². The average Bonchev–Trinajstić information content (AvgIpc) is 3.30. The molecular formula is C30H36N4. The molecule has 0 saturated carbocycles. The van der Waals surface area contributed by atoms with Crippen molar-refractivity contribution in [2.45, 2.75) is 71.6 Å². The van der Waals surface area contributed by atoms with Gasteiger partial charge < -0.3 is 0 Å². The van der Waals surface area contributed by atoms with Gasteiger partial charge in [-0.3, -0.25) is 4.98 Å². The zero-order valence-corrected chi connectivity index (χ0v) is 21.7. The Morgan fingerprint density at radius 1 is 0.618 bits per heavy atom. The number of hydrogen-bond donors (Lipinski definition) is 0. The normalized spacial score (nSPS) is 12.7. The Bertz CT molecular complexity index is 1300. The number of pyridine rings is 2. The van der Waals surface area contributed by atoms with Crippen molar-refractivity contribution in [1.82, 2.24) is 19.7 Å². The highest BCUT2D eigenvalue weighted by molar-refractivity contribution is 5.61. The molecule has 4 rings (SSSR count). The fourth-order valence-electron chi connectivity index (χ4n) is 3.97. The van der Waals surface area contributed by atoms with Crippen LogP contribution >= 0.6 is 0 Å². The van der Waals surface area contributed by atoms with Gasteiger partial charge in [-0.25, -0.2) is 9.67 Å². The molecule has 0 spiro atoms. The first-order valence-corrected chi connectivity index (χ1v) is 12.0. The molecule has 0 saturated heterocycles. The van der Waals surface area contributed by atoms with Crippen LogP contribution in [0.3, 0.4) is 0 Å². The monoisotopic (exact) mass is 452 g/mol. The first kappa shape index (κ1) is 23.9. The molecule has 1 aromatic carbocycles. The van der Waals surface area contributed by atoms with E-state index in [1.54, 1.807) is 0 Å². The Balaban J connectivity index is 1.68. The van der Waals surface area contributed by atoms with Crippen LogP contribution in [-0.4, -0.2) is 19.7 Å². The van der Waals surface area contributed by atoms with Crippen LogP contribution in [0.4, 0.5) is 0 Å².